The minimum atomic E-state index is -0.146. The van der Waals surface area contributed by atoms with Crippen molar-refractivity contribution in [2.24, 2.45) is 22.6 Å². The first-order valence-corrected chi connectivity index (χ1v) is 5.51. The molecular formula is C11H20N2O. The van der Waals surface area contributed by atoms with Crippen molar-refractivity contribution in [3.63, 3.8) is 0 Å². The van der Waals surface area contributed by atoms with Crippen LogP contribution in [0.25, 0.3) is 0 Å². The van der Waals surface area contributed by atoms with Gasteiger partial charge in [-0.3, -0.25) is 10.2 Å². The number of hydrazine groups is 1. The van der Waals surface area contributed by atoms with E-state index in [0.29, 0.717) is 5.41 Å². The first-order chi connectivity index (χ1) is 6.50. The van der Waals surface area contributed by atoms with Gasteiger partial charge in [0.2, 0.25) is 5.91 Å². The number of hydrogen-bond donors (Lipinski definition) is 2. The normalized spacial score (nSPS) is 39.5. The van der Waals surface area contributed by atoms with Crippen molar-refractivity contribution in [2.75, 3.05) is 0 Å². The molecule has 0 aromatic rings. The highest BCUT2D eigenvalue weighted by molar-refractivity contribution is 5.82. The minimum absolute atomic E-state index is 0.0590. The molecule has 80 valence electrons. The summed E-state index contributed by atoms with van der Waals surface area (Å²) in [7, 11) is 0. The molecule has 0 aromatic carbocycles. The van der Waals surface area contributed by atoms with Gasteiger partial charge in [0.15, 0.2) is 0 Å². The van der Waals surface area contributed by atoms with E-state index in [9.17, 15) is 4.79 Å². The SMILES string of the molecule is CC1(C)CC2(C(=O)NN)CCC1CC2. The Morgan fingerprint density at radius 3 is 2.36 bits per heavy atom. The summed E-state index contributed by atoms with van der Waals surface area (Å²) in [6.45, 7) is 4.57. The van der Waals surface area contributed by atoms with Gasteiger partial charge >= 0.3 is 0 Å². The number of nitrogens with one attached hydrogen (secondary N) is 1. The lowest BCUT2D eigenvalue weighted by Crippen LogP contribution is -2.53. The lowest BCUT2D eigenvalue weighted by molar-refractivity contribution is -0.144. The fraction of sp³-hybridized carbons (Fsp3) is 0.909. The van der Waals surface area contributed by atoms with E-state index >= 15 is 0 Å². The second-order valence-corrected chi connectivity index (χ2v) is 5.69. The van der Waals surface area contributed by atoms with Crippen LogP contribution in [0.3, 0.4) is 0 Å². The molecule has 0 aromatic heterocycles. The molecule has 0 unspecified atom stereocenters. The predicted octanol–water partition coefficient (Wildman–Crippen LogP) is 1.58. The van der Waals surface area contributed by atoms with Crippen LogP contribution < -0.4 is 11.3 Å². The Morgan fingerprint density at radius 2 is 1.93 bits per heavy atom. The number of carbonyl (C=O) groups excluding carboxylic acids is 1. The van der Waals surface area contributed by atoms with E-state index in [1.807, 2.05) is 0 Å². The summed E-state index contributed by atoms with van der Waals surface area (Å²) in [4.78, 5) is 11.8. The third-order valence-corrected chi connectivity index (χ3v) is 4.45. The van der Waals surface area contributed by atoms with Gasteiger partial charge in [-0.25, -0.2) is 5.84 Å². The van der Waals surface area contributed by atoms with Crippen molar-refractivity contribution in [3.05, 3.63) is 0 Å². The van der Waals surface area contributed by atoms with Gasteiger partial charge in [0.25, 0.3) is 0 Å². The van der Waals surface area contributed by atoms with Crippen LogP contribution in [0.5, 0.6) is 0 Å². The minimum Gasteiger partial charge on any atom is -0.294 e. The molecule has 3 heteroatoms. The van der Waals surface area contributed by atoms with Gasteiger partial charge in [-0.1, -0.05) is 13.8 Å². The number of amides is 1. The topological polar surface area (TPSA) is 55.1 Å². The van der Waals surface area contributed by atoms with Crippen LogP contribution in [-0.4, -0.2) is 5.91 Å². The Labute approximate surface area is 85.4 Å². The molecule has 0 saturated heterocycles. The molecular weight excluding hydrogens is 176 g/mol. The van der Waals surface area contributed by atoms with Crippen LogP contribution in [0.2, 0.25) is 0 Å². The summed E-state index contributed by atoms with van der Waals surface area (Å²) in [6.07, 6.45) is 5.46. The summed E-state index contributed by atoms with van der Waals surface area (Å²) >= 11 is 0. The summed E-state index contributed by atoms with van der Waals surface area (Å²) in [5.74, 6) is 6.14. The van der Waals surface area contributed by atoms with Crippen LogP contribution in [0.15, 0.2) is 0 Å². The smallest absolute Gasteiger partial charge is 0.240 e. The van der Waals surface area contributed by atoms with Gasteiger partial charge in [-0.05, 0) is 43.4 Å². The van der Waals surface area contributed by atoms with Crippen LogP contribution in [0.1, 0.15) is 46.0 Å². The molecule has 0 atom stereocenters. The van der Waals surface area contributed by atoms with E-state index < -0.39 is 0 Å². The predicted molar refractivity (Wildman–Crippen MR) is 55.1 cm³/mol. The van der Waals surface area contributed by atoms with Gasteiger partial charge in [0, 0.05) is 0 Å². The van der Waals surface area contributed by atoms with Gasteiger partial charge in [-0.2, -0.15) is 0 Å². The van der Waals surface area contributed by atoms with E-state index in [1.54, 1.807) is 0 Å². The van der Waals surface area contributed by atoms with Gasteiger partial charge in [0.1, 0.15) is 0 Å². The zero-order chi connectivity index (χ0) is 10.4. The van der Waals surface area contributed by atoms with Crippen molar-refractivity contribution < 1.29 is 4.79 Å². The lowest BCUT2D eigenvalue weighted by atomic mass is 9.50. The van der Waals surface area contributed by atoms with Gasteiger partial charge < -0.3 is 0 Å². The fourth-order valence-electron chi connectivity index (χ4n) is 3.61. The van der Waals surface area contributed by atoms with Crippen LogP contribution in [-0.2, 0) is 4.79 Å². The average molecular weight is 196 g/mol. The second-order valence-electron chi connectivity index (χ2n) is 5.69. The van der Waals surface area contributed by atoms with E-state index in [1.165, 1.54) is 12.8 Å². The maximum Gasteiger partial charge on any atom is 0.240 e. The van der Waals surface area contributed by atoms with Crippen LogP contribution in [0.4, 0.5) is 0 Å². The summed E-state index contributed by atoms with van der Waals surface area (Å²) in [5.41, 5.74) is 2.53. The maximum atomic E-state index is 11.8. The van der Waals surface area contributed by atoms with Crippen molar-refractivity contribution in [1.82, 2.24) is 5.43 Å². The molecule has 3 nitrogen and oxygen atoms in total. The molecule has 3 aliphatic carbocycles. The molecule has 3 fully saturated rings. The number of fused-ring (bicyclic) bond motifs is 3. The van der Waals surface area contributed by atoms with Crippen LogP contribution in [0, 0.1) is 16.7 Å². The molecule has 0 heterocycles. The van der Waals surface area contributed by atoms with E-state index in [4.69, 9.17) is 5.84 Å². The number of nitrogens with two attached hydrogens (primary N) is 1. The zero-order valence-electron chi connectivity index (χ0n) is 9.10. The fourth-order valence-corrected chi connectivity index (χ4v) is 3.61. The summed E-state index contributed by atoms with van der Waals surface area (Å²) in [6, 6.07) is 0. The molecule has 0 radical (unpaired) electrons. The summed E-state index contributed by atoms with van der Waals surface area (Å²) < 4.78 is 0. The van der Waals surface area contributed by atoms with Crippen molar-refractivity contribution in [3.8, 4) is 0 Å². The molecule has 2 bridgehead atoms. The van der Waals surface area contributed by atoms with Crippen molar-refractivity contribution in [2.45, 2.75) is 46.0 Å². The quantitative estimate of drug-likeness (QED) is 0.380. The zero-order valence-corrected chi connectivity index (χ0v) is 9.10. The highest BCUT2D eigenvalue weighted by atomic mass is 16.2. The number of rotatable bonds is 1. The number of carbonyl (C=O) groups is 1. The van der Waals surface area contributed by atoms with Crippen molar-refractivity contribution in [1.29, 1.82) is 0 Å². The molecule has 3 rings (SSSR count). The van der Waals surface area contributed by atoms with E-state index in [-0.39, 0.29) is 11.3 Å². The molecule has 3 N–H and O–H groups in total. The van der Waals surface area contributed by atoms with Gasteiger partial charge in [0.05, 0.1) is 5.41 Å². The Balaban J connectivity index is 2.25. The molecule has 14 heavy (non-hydrogen) atoms. The standard InChI is InChI=1S/C11H20N2O/c1-10(2)7-11(9(14)13-12)5-3-8(10)4-6-11/h8H,3-7,12H2,1-2H3,(H,13,14). The van der Waals surface area contributed by atoms with E-state index in [2.05, 4.69) is 19.3 Å². The Kier molecular flexibility index (Phi) is 2.11. The average Bonchev–Trinajstić information content (AvgIpc) is 2.16. The Morgan fingerprint density at radius 1 is 1.36 bits per heavy atom. The number of hydrogen-bond acceptors (Lipinski definition) is 2. The first kappa shape index (κ1) is 9.97. The third-order valence-electron chi connectivity index (χ3n) is 4.45. The van der Waals surface area contributed by atoms with Crippen molar-refractivity contribution >= 4 is 5.91 Å². The van der Waals surface area contributed by atoms with E-state index in [0.717, 1.165) is 25.2 Å². The monoisotopic (exact) mass is 196 g/mol. The lowest BCUT2D eigenvalue weighted by Gasteiger charge is -2.54. The Bertz CT molecular complexity index is 252. The molecule has 0 aliphatic heterocycles. The third kappa shape index (κ3) is 1.26. The molecule has 0 spiro atoms. The highest BCUT2D eigenvalue weighted by Gasteiger charge is 2.53. The maximum absolute atomic E-state index is 11.8. The van der Waals surface area contributed by atoms with Gasteiger partial charge in [-0.15, -0.1) is 0 Å². The Hall–Kier alpha value is -0.570. The molecule has 3 saturated carbocycles. The largest absolute Gasteiger partial charge is 0.294 e. The summed E-state index contributed by atoms with van der Waals surface area (Å²) in [5, 5.41) is 0. The molecule has 1 amide bonds. The highest BCUT2D eigenvalue weighted by Crippen LogP contribution is 2.58. The second kappa shape index (κ2) is 2.96. The van der Waals surface area contributed by atoms with Crippen LogP contribution >= 0.6 is 0 Å². The molecule has 3 aliphatic rings. The first-order valence-electron chi connectivity index (χ1n) is 5.51.